The van der Waals surface area contributed by atoms with E-state index in [1.54, 1.807) is 12.1 Å². The van der Waals surface area contributed by atoms with Crippen LogP contribution in [-0.4, -0.2) is 16.8 Å². The van der Waals surface area contributed by atoms with E-state index < -0.39 is 5.82 Å². The number of benzene rings is 1. The van der Waals surface area contributed by atoms with Gasteiger partial charge in [0.25, 0.3) is 0 Å². The highest BCUT2D eigenvalue weighted by Crippen LogP contribution is 2.33. The van der Waals surface area contributed by atoms with Gasteiger partial charge in [0.2, 0.25) is 12.7 Å². The molecule has 2 heterocycles. The molecule has 0 amide bonds. The highest BCUT2D eigenvalue weighted by Gasteiger charge is 2.14. The summed E-state index contributed by atoms with van der Waals surface area (Å²) in [6.45, 7) is 0.216. The summed E-state index contributed by atoms with van der Waals surface area (Å²) >= 11 is 0. The lowest BCUT2D eigenvalue weighted by molar-refractivity contribution is 0.174. The molecule has 0 unspecified atom stereocenters. The molecule has 0 saturated carbocycles. The molecule has 5 nitrogen and oxygen atoms in total. The van der Waals surface area contributed by atoms with Gasteiger partial charge in [0.15, 0.2) is 17.3 Å². The van der Waals surface area contributed by atoms with Crippen molar-refractivity contribution in [3.8, 4) is 11.5 Å². The maximum atomic E-state index is 13.5. The maximum Gasteiger partial charge on any atom is 0.231 e. The largest absolute Gasteiger partial charge is 0.454 e. The number of nitrogens with zero attached hydrogens (tertiary/aromatic N) is 2. The minimum Gasteiger partial charge on any atom is -0.454 e. The quantitative estimate of drug-likeness (QED) is 0.871. The fourth-order valence-corrected chi connectivity index (χ4v) is 1.79. The number of anilines is 1. The molecule has 0 saturated heterocycles. The standard InChI is InChI=1S/C12H10FN3O2/c13-8-5-15-12(14)16-9(8)3-7-1-2-10-11(4-7)18-6-17-10/h1-2,4-5H,3,6H2,(H2,14,15,16). The first-order valence-corrected chi connectivity index (χ1v) is 5.38. The lowest BCUT2D eigenvalue weighted by atomic mass is 10.1. The monoisotopic (exact) mass is 247 g/mol. The Morgan fingerprint density at radius 3 is 3.00 bits per heavy atom. The first-order chi connectivity index (χ1) is 8.72. The molecule has 92 valence electrons. The molecule has 18 heavy (non-hydrogen) atoms. The van der Waals surface area contributed by atoms with Crippen molar-refractivity contribution < 1.29 is 13.9 Å². The normalized spacial score (nSPS) is 12.7. The summed E-state index contributed by atoms with van der Waals surface area (Å²) in [6, 6.07) is 5.44. The van der Waals surface area contributed by atoms with E-state index in [9.17, 15) is 4.39 Å². The van der Waals surface area contributed by atoms with E-state index in [-0.39, 0.29) is 18.4 Å². The summed E-state index contributed by atoms with van der Waals surface area (Å²) < 4.78 is 24.0. The number of rotatable bonds is 2. The molecule has 0 spiro atoms. The molecular formula is C12H10FN3O2. The highest BCUT2D eigenvalue weighted by atomic mass is 19.1. The summed E-state index contributed by atoms with van der Waals surface area (Å²) in [5.41, 5.74) is 6.57. The average Bonchev–Trinajstić information content (AvgIpc) is 2.81. The molecule has 1 aliphatic heterocycles. The van der Waals surface area contributed by atoms with Crippen LogP contribution in [0.25, 0.3) is 0 Å². The Kier molecular flexibility index (Phi) is 2.47. The van der Waals surface area contributed by atoms with E-state index in [1.165, 1.54) is 0 Å². The number of nitrogens with two attached hydrogens (primary N) is 1. The number of hydrogen-bond acceptors (Lipinski definition) is 5. The molecule has 0 aliphatic carbocycles. The number of aromatic nitrogens is 2. The van der Waals surface area contributed by atoms with Crippen LogP contribution >= 0.6 is 0 Å². The van der Waals surface area contributed by atoms with Gasteiger partial charge in [0.1, 0.15) is 0 Å². The summed E-state index contributed by atoms with van der Waals surface area (Å²) in [7, 11) is 0. The van der Waals surface area contributed by atoms with Crippen LogP contribution in [0.2, 0.25) is 0 Å². The van der Waals surface area contributed by atoms with E-state index >= 15 is 0 Å². The van der Waals surface area contributed by atoms with Crippen LogP contribution in [-0.2, 0) is 6.42 Å². The van der Waals surface area contributed by atoms with E-state index in [2.05, 4.69) is 9.97 Å². The van der Waals surface area contributed by atoms with Crippen LogP contribution in [0, 0.1) is 5.82 Å². The van der Waals surface area contributed by atoms with E-state index in [4.69, 9.17) is 15.2 Å². The number of nitrogen functional groups attached to an aromatic ring is 1. The van der Waals surface area contributed by atoms with Gasteiger partial charge in [-0.25, -0.2) is 14.4 Å². The third kappa shape index (κ3) is 1.92. The van der Waals surface area contributed by atoms with Gasteiger partial charge < -0.3 is 15.2 Å². The molecule has 0 radical (unpaired) electrons. The molecule has 2 N–H and O–H groups in total. The second kappa shape index (κ2) is 4.14. The molecular weight excluding hydrogens is 237 g/mol. The number of hydrogen-bond donors (Lipinski definition) is 1. The van der Waals surface area contributed by atoms with Crippen LogP contribution in [0.4, 0.5) is 10.3 Å². The van der Waals surface area contributed by atoms with Gasteiger partial charge in [0, 0.05) is 6.42 Å². The Hall–Kier alpha value is -2.37. The van der Waals surface area contributed by atoms with Crippen LogP contribution in [0.15, 0.2) is 24.4 Å². The molecule has 0 atom stereocenters. The zero-order valence-corrected chi connectivity index (χ0v) is 9.39. The lowest BCUT2D eigenvalue weighted by Crippen LogP contribution is -2.03. The van der Waals surface area contributed by atoms with Crippen molar-refractivity contribution in [1.82, 2.24) is 9.97 Å². The van der Waals surface area contributed by atoms with Gasteiger partial charge in [-0.05, 0) is 17.7 Å². The van der Waals surface area contributed by atoms with Crippen molar-refractivity contribution >= 4 is 5.95 Å². The van der Waals surface area contributed by atoms with Gasteiger partial charge in [-0.3, -0.25) is 0 Å². The second-order valence-corrected chi connectivity index (χ2v) is 3.89. The Bertz CT molecular complexity index is 604. The maximum absolute atomic E-state index is 13.5. The Labute approximate surface area is 102 Å². The SMILES string of the molecule is Nc1ncc(F)c(Cc2ccc3c(c2)OCO3)n1. The van der Waals surface area contributed by atoms with Gasteiger partial charge in [-0.1, -0.05) is 6.07 Å². The van der Waals surface area contributed by atoms with E-state index in [0.717, 1.165) is 11.8 Å². The van der Waals surface area contributed by atoms with Crippen LogP contribution in [0.3, 0.4) is 0 Å². The second-order valence-electron chi connectivity index (χ2n) is 3.89. The van der Waals surface area contributed by atoms with Crippen molar-refractivity contribution in [2.75, 3.05) is 12.5 Å². The number of fused-ring (bicyclic) bond motifs is 1. The topological polar surface area (TPSA) is 70.3 Å². The van der Waals surface area contributed by atoms with Crippen LogP contribution in [0.5, 0.6) is 11.5 Å². The number of halogens is 1. The van der Waals surface area contributed by atoms with Crippen molar-refractivity contribution in [3.63, 3.8) is 0 Å². The average molecular weight is 247 g/mol. The minimum atomic E-state index is -0.470. The number of ether oxygens (including phenoxy) is 2. The molecule has 6 heteroatoms. The third-order valence-electron chi connectivity index (χ3n) is 2.64. The first kappa shape index (κ1) is 10.8. The van der Waals surface area contributed by atoms with Gasteiger partial charge in [-0.15, -0.1) is 0 Å². The van der Waals surface area contributed by atoms with Gasteiger partial charge in [-0.2, -0.15) is 0 Å². The fourth-order valence-electron chi connectivity index (χ4n) is 1.79. The van der Waals surface area contributed by atoms with Crippen LogP contribution in [0.1, 0.15) is 11.3 Å². The predicted molar refractivity (Wildman–Crippen MR) is 61.8 cm³/mol. The summed E-state index contributed by atoms with van der Waals surface area (Å²) in [4.78, 5) is 7.47. The zero-order chi connectivity index (χ0) is 12.5. The van der Waals surface area contributed by atoms with E-state index in [1.807, 2.05) is 6.07 Å². The first-order valence-electron chi connectivity index (χ1n) is 5.38. The van der Waals surface area contributed by atoms with Crippen LogP contribution < -0.4 is 15.2 Å². The van der Waals surface area contributed by atoms with Gasteiger partial charge in [0.05, 0.1) is 11.9 Å². The molecule has 3 rings (SSSR count). The predicted octanol–water partition coefficient (Wildman–Crippen LogP) is 1.52. The molecule has 2 aromatic rings. The minimum absolute atomic E-state index is 0.0622. The Morgan fingerprint density at radius 2 is 2.11 bits per heavy atom. The molecule has 1 aliphatic rings. The van der Waals surface area contributed by atoms with Crippen molar-refractivity contribution in [2.45, 2.75) is 6.42 Å². The third-order valence-corrected chi connectivity index (χ3v) is 2.64. The van der Waals surface area contributed by atoms with E-state index in [0.29, 0.717) is 17.9 Å². The van der Waals surface area contributed by atoms with Gasteiger partial charge >= 0.3 is 0 Å². The van der Waals surface area contributed by atoms with Crippen molar-refractivity contribution in [1.29, 1.82) is 0 Å². The molecule has 1 aromatic heterocycles. The lowest BCUT2D eigenvalue weighted by Gasteiger charge is -2.04. The molecule has 0 bridgehead atoms. The Balaban J connectivity index is 1.90. The van der Waals surface area contributed by atoms with Crippen molar-refractivity contribution in [2.24, 2.45) is 0 Å². The fraction of sp³-hybridized carbons (Fsp3) is 0.167. The summed E-state index contributed by atoms with van der Waals surface area (Å²) in [5, 5.41) is 0. The zero-order valence-electron chi connectivity index (χ0n) is 9.39. The highest BCUT2D eigenvalue weighted by molar-refractivity contribution is 5.45. The summed E-state index contributed by atoms with van der Waals surface area (Å²) in [5.74, 6) is 0.949. The summed E-state index contributed by atoms with van der Waals surface area (Å²) in [6.07, 6.45) is 1.40. The molecule has 0 fully saturated rings. The smallest absolute Gasteiger partial charge is 0.231 e. The molecule has 1 aromatic carbocycles. The van der Waals surface area contributed by atoms with Crippen molar-refractivity contribution in [3.05, 3.63) is 41.5 Å². The Morgan fingerprint density at radius 1 is 1.28 bits per heavy atom.